The maximum Gasteiger partial charge on any atom is 0.308 e. The number of esters is 1. The van der Waals surface area contributed by atoms with Crippen LogP contribution in [0.15, 0.2) is 24.3 Å². The van der Waals surface area contributed by atoms with Gasteiger partial charge in [0.15, 0.2) is 6.61 Å². The number of alkyl halides is 2. The number of amides is 3. The van der Waals surface area contributed by atoms with Crippen molar-refractivity contribution in [3.63, 3.8) is 0 Å². The number of nitrogens with one attached hydrogen (secondary N) is 1. The lowest BCUT2D eigenvalue weighted by atomic mass is 9.81. The van der Waals surface area contributed by atoms with Crippen molar-refractivity contribution in [1.29, 1.82) is 0 Å². The lowest BCUT2D eigenvalue weighted by Gasteiger charge is -2.28. The van der Waals surface area contributed by atoms with Gasteiger partial charge < -0.3 is 14.8 Å². The van der Waals surface area contributed by atoms with Crippen LogP contribution in [0.3, 0.4) is 0 Å². The van der Waals surface area contributed by atoms with Crippen molar-refractivity contribution in [1.82, 2.24) is 4.90 Å². The Kier molecular flexibility index (Phi) is 6.90. The van der Waals surface area contributed by atoms with Crippen molar-refractivity contribution in [3.8, 4) is 5.75 Å². The number of halogens is 2. The molecule has 10 heteroatoms. The minimum atomic E-state index is -0.643. The van der Waals surface area contributed by atoms with Crippen LogP contribution in [0.1, 0.15) is 19.8 Å². The summed E-state index contributed by atoms with van der Waals surface area (Å²) in [5.41, 5.74) is 0.486. The van der Waals surface area contributed by atoms with E-state index in [4.69, 9.17) is 9.47 Å². The first-order chi connectivity index (χ1) is 15.3. The normalized spacial score (nSPS) is 30.4. The highest BCUT2D eigenvalue weighted by atomic mass is 79.9. The zero-order valence-corrected chi connectivity index (χ0v) is 20.6. The predicted octanol–water partition coefficient (Wildman–Crippen LogP) is 2.74. The molecule has 3 amide bonds. The molecule has 172 valence electrons. The third-order valence-electron chi connectivity index (χ3n) is 6.44. The Labute approximate surface area is 202 Å². The van der Waals surface area contributed by atoms with E-state index in [0.29, 0.717) is 18.0 Å². The standard InChI is InChI=1S/C22H24Br2N2O6/c1-2-31-14-6-4-3-5-13(14)25-15(27)10-32-16(28)7-8-26-21(29)17-11-9-12(18(17)22(26)30)20(24)19(11)23/h3-6,11-12,17-20H,2,7-10H2,1H3,(H,25,27)/t11-,12-,17-,18-,19-,20+/m1/s1. The molecule has 0 radical (unpaired) electrons. The summed E-state index contributed by atoms with van der Waals surface area (Å²) in [5.74, 6) is -1.37. The molecule has 0 unspecified atom stereocenters. The number of hydrogen-bond donors (Lipinski definition) is 1. The molecule has 2 aliphatic carbocycles. The maximum atomic E-state index is 12.8. The zero-order chi connectivity index (χ0) is 23.0. The molecule has 4 rings (SSSR count). The predicted molar refractivity (Wildman–Crippen MR) is 123 cm³/mol. The topological polar surface area (TPSA) is 102 Å². The van der Waals surface area contributed by atoms with E-state index in [2.05, 4.69) is 37.2 Å². The van der Waals surface area contributed by atoms with E-state index in [1.165, 1.54) is 4.90 Å². The van der Waals surface area contributed by atoms with Gasteiger partial charge in [0.25, 0.3) is 5.91 Å². The number of carbonyl (C=O) groups is 4. The van der Waals surface area contributed by atoms with Gasteiger partial charge in [-0.3, -0.25) is 24.1 Å². The van der Waals surface area contributed by atoms with Crippen LogP contribution in [-0.2, 0) is 23.9 Å². The molecule has 1 N–H and O–H groups in total. The first kappa shape index (κ1) is 23.2. The largest absolute Gasteiger partial charge is 0.492 e. The number of fused-ring (bicyclic) bond motifs is 5. The number of likely N-dealkylation sites (tertiary alicyclic amines) is 1. The summed E-state index contributed by atoms with van der Waals surface area (Å²) < 4.78 is 10.5. The van der Waals surface area contributed by atoms with Gasteiger partial charge in [-0.05, 0) is 37.3 Å². The number of anilines is 1. The highest BCUT2D eigenvalue weighted by Gasteiger charge is 2.66. The maximum absolute atomic E-state index is 12.8. The van der Waals surface area contributed by atoms with E-state index in [9.17, 15) is 19.2 Å². The van der Waals surface area contributed by atoms with Gasteiger partial charge in [0.05, 0.1) is 30.6 Å². The number of imide groups is 1. The van der Waals surface area contributed by atoms with E-state index in [-0.39, 0.29) is 58.1 Å². The van der Waals surface area contributed by atoms with Gasteiger partial charge in [-0.2, -0.15) is 0 Å². The molecule has 1 aromatic rings. The quantitative estimate of drug-likeness (QED) is 0.292. The minimum Gasteiger partial charge on any atom is -0.492 e. The second kappa shape index (κ2) is 9.51. The molecule has 2 saturated carbocycles. The Morgan fingerprint density at radius 3 is 2.34 bits per heavy atom. The molecule has 3 aliphatic rings. The SMILES string of the molecule is CCOc1ccccc1NC(=O)COC(=O)CCN1C(=O)[C@@H]2[C@H]3C[C@@H]([C@@H](Br)[C@H]3Br)[C@H]2C1=O. The number of hydrogen-bond acceptors (Lipinski definition) is 6. The fraction of sp³-hybridized carbons (Fsp3) is 0.545. The molecule has 2 bridgehead atoms. The molecule has 1 saturated heterocycles. The van der Waals surface area contributed by atoms with Gasteiger partial charge in [-0.1, -0.05) is 44.0 Å². The first-order valence-electron chi connectivity index (χ1n) is 10.6. The van der Waals surface area contributed by atoms with Crippen LogP contribution in [0.2, 0.25) is 0 Å². The average molecular weight is 572 g/mol. The number of benzene rings is 1. The fourth-order valence-corrected chi connectivity index (χ4v) is 6.96. The van der Waals surface area contributed by atoms with Crippen molar-refractivity contribution in [2.75, 3.05) is 25.1 Å². The van der Waals surface area contributed by atoms with Crippen molar-refractivity contribution in [2.24, 2.45) is 23.7 Å². The van der Waals surface area contributed by atoms with Crippen LogP contribution in [0, 0.1) is 23.7 Å². The van der Waals surface area contributed by atoms with E-state index < -0.39 is 18.5 Å². The van der Waals surface area contributed by atoms with Gasteiger partial charge in [0, 0.05) is 16.2 Å². The van der Waals surface area contributed by atoms with Crippen LogP contribution >= 0.6 is 31.9 Å². The molecule has 3 fully saturated rings. The number of para-hydroxylation sites is 2. The number of nitrogens with zero attached hydrogens (tertiary/aromatic N) is 1. The number of ether oxygens (including phenoxy) is 2. The lowest BCUT2D eigenvalue weighted by molar-refractivity contribution is -0.149. The second-order valence-electron chi connectivity index (χ2n) is 8.22. The Morgan fingerprint density at radius 2 is 1.72 bits per heavy atom. The highest BCUT2D eigenvalue weighted by Crippen LogP contribution is 2.60. The molecule has 6 atom stereocenters. The molecule has 1 aromatic carbocycles. The van der Waals surface area contributed by atoms with E-state index in [1.807, 2.05) is 6.92 Å². The summed E-state index contributed by atoms with van der Waals surface area (Å²) in [7, 11) is 0. The Bertz CT molecular complexity index is 909. The summed E-state index contributed by atoms with van der Waals surface area (Å²) in [6.07, 6.45) is 0.709. The van der Waals surface area contributed by atoms with Crippen LogP contribution in [0.5, 0.6) is 5.75 Å². The second-order valence-corrected chi connectivity index (χ2v) is 10.3. The van der Waals surface area contributed by atoms with Crippen LogP contribution in [0.4, 0.5) is 5.69 Å². The Morgan fingerprint density at radius 1 is 1.09 bits per heavy atom. The molecule has 32 heavy (non-hydrogen) atoms. The molecule has 8 nitrogen and oxygen atoms in total. The molecular weight excluding hydrogens is 548 g/mol. The van der Waals surface area contributed by atoms with E-state index in [1.54, 1.807) is 24.3 Å². The van der Waals surface area contributed by atoms with Crippen LogP contribution in [-0.4, -0.2) is 58.0 Å². The van der Waals surface area contributed by atoms with Crippen molar-refractivity contribution >= 4 is 61.2 Å². The first-order valence-corrected chi connectivity index (χ1v) is 12.5. The monoisotopic (exact) mass is 570 g/mol. The van der Waals surface area contributed by atoms with Crippen molar-refractivity contribution in [2.45, 2.75) is 29.4 Å². The molecule has 1 aliphatic heterocycles. The fourth-order valence-electron chi connectivity index (χ4n) is 5.09. The summed E-state index contributed by atoms with van der Waals surface area (Å²) in [6, 6.07) is 6.96. The lowest BCUT2D eigenvalue weighted by Crippen LogP contribution is -2.37. The summed E-state index contributed by atoms with van der Waals surface area (Å²) >= 11 is 7.30. The van der Waals surface area contributed by atoms with Gasteiger partial charge in [0.2, 0.25) is 11.8 Å². The number of rotatable bonds is 8. The van der Waals surface area contributed by atoms with Gasteiger partial charge in [-0.25, -0.2) is 0 Å². The van der Waals surface area contributed by atoms with Gasteiger partial charge in [-0.15, -0.1) is 0 Å². The molecule has 0 aromatic heterocycles. The van der Waals surface area contributed by atoms with Crippen LogP contribution < -0.4 is 10.1 Å². The summed E-state index contributed by atoms with van der Waals surface area (Å²) in [4.78, 5) is 51.5. The summed E-state index contributed by atoms with van der Waals surface area (Å²) in [5, 5.41) is 2.65. The van der Waals surface area contributed by atoms with Crippen molar-refractivity contribution < 1.29 is 28.7 Å². The Hall–Kier alpha value is -1.94. The molecule has 0 spiro atoms. The highest BCUT2D eigenvalue weighted by molar-refractivity contribution is 9.12. The average Bonchev–Trinajstić information content (AvgIpc) is 3.37. The zero-order valence-electron chi connectivity index (χ0n) is 17.5. The third-order valence-corrected chi connectivity index (χ3v) is 9.65. The molecular formula is C22H24Br2N2O6. The van der Waals surface area contributed by atoms with Crippen molar-refractivity contribution in [3.05, 3.63) is 24.3 Å². The minimum absolute atomic E-state index is 0.0301. The smallest absolute Gasteiger partial charge is 0.308 e. The van der Waals surface area contributed by atoms with E-state index >= 15 is 0 Å². The Balaban J connectivity index is 1.26. The third kappa shape index (κ3) is 4.19. The number of carbonyl (C=O) groups excluding carboxylic acids is 4. The summed E-state index contributed by atoms with van der Waals surface area (Å²) in [6.45, 7) is 1.79. The van der Waals surface area contributed by atoms with Gasteiger partial charge >= 0.3 is 5.97 Å². The van der Waals surface area contributed by atoms with E-state index in [0.717, 1.165) is 6.42 Å². The molecule has 1 heterocycles. The van der Waals surface area contributed by atoms with Crippen LogP contribution in [0.25, 0.3) is 0 Å². The van der Waals surface area contributed by atoms with Gasteiger partial charge in [0.1, 0.15) is 5.75 Å².